The summed E-state index contributed by atoms with van der Waals surface area (Å²) in [7, 11) is 0. The Morgan fingerprint density at radius 3 is 2.61 bits per heavy atom. The highest BCUT2D eigenvalue weighted by atomic mass is 32.2. The van der Waals surface area contributed by atoms with Gasteiger partial charge in [-0.2, -0.15) is 0 Å². The minimum absolute atomic E-state index is 0.0801. The third kappa shape index (κ3) is 2.90. The van der Waals surface area contributed by atoms with E-state index in [2.05, 4.69) is 0 Å². The molecule has 1 aromatic carbocycles. The van der Waals surface area contributed by atoms with Crippen LogP contribution in [0.3, 0.4) is 0 Å². The number of ether oxygens (including phenoxy) is 1. The van der Waals surface area contributed by atoms with Crippen LogP contribution in [0.2, 0.25) is 0 Å². The average molecular weight is 273 g/mol. The van der Waals surface area contributed by atoms with Crippen LogP contribution in [-0.2, 0) is 15.8 Å². The Bertz CT molecular complexity index is 527. The fourth-order valence-electron chi connectivity index (χ4n) is 1.38. The summed E-state index contributed by atoms with van der Waals surface area (Å²) in [5.74, 6) is -0.759. The Hall–Kier alpha value is -1.80. The zero-order chi connectivity index (χ0) is 13.9. The van der Waals surface area contributed by atoms with Gasteiger partial charge in [0, 0.05) is 11.6 Å². The maximum Gasteiger partial charge on any atom is 0.338 e. The minimum atomic E-state index is -2.41. The van der Waals surface area contributed by atoms with Crippen LogP contribution >= 0.6 is 0 Å². The van der Waals surface area contributed by atoms with Crippen LogP contribution in [0.5, 0.6) is 0 Å². The van der Waals surface area contributed by atoms with Crippen molar-refractivity contribution in [3.05, 3.63) is 33.4 Å². The predicted molar refractivity (Wildman–Crippen MR) is 62.8 cm³/mol. The predicted octanol–water partition coefficient (Wildman–Crippen LogP) is 1.66. The van der Waals surface area contributed by atoms with Crippen molar-refractivity contribution in [1.82, 2.24) is 0 Å². The van der Waals surface area contributed by atoms with Gasteiger partial charge < -0.3 is 9.29 Å². The van der Waals surface area contributed by atoms with Crippen LogP contribution in [0, 0.1) is 17.0 Å². The van der Waals surface area contributed by atoms with Crippen molar-refractivity contribution < 1.29 is 23.2 Å². The Morgan fingerprint density at radius 2 is 2.17 bits per heavy atom. The molecule has 8 heteroatoms. The summed E-state index contributed by atoms with van der Waals surface area (Å²) in [5.41, 5.74) is -0.367. The molecule has 0 spiro atoms. The third-order valence-electron chi connectivity index (χ3n) is 2.25. The number of rotatable bonds is 4. The number of carbonyl (C=O) groups excluding carboxylic acids is 1. The second kappa shape index (κ2) is 5.69. The van der Waals surface area contributed by atoms with E-state index in [1.807, 2.05) is 0 Å². The fourth-order valence-corrected chi connectivity index (χ4v) is 1.82. The van der Waals surface area contributed by atoms with Crippen LogP contribution < -0.4 is 0 Å². The van der Waals surface area contributed by atoms with E-state index < -0.39 is 27.7 Å². The summed E-state index contributed by atoms with van der Waals surface area (Å²) in [6.45, 7) is 3.09. The van der Waals surface area contributed by atoms with E-state index >= 15 is 0 Å². The summed E-state index contributed by atoms with van der Waals surface area (Å²) in [6, 6.07) is 2.09. The molecule has 1 unspecified atom stereocenters. The van der Waals surface area contributed by atoms with E-state index in [4.69, 9.17) is 9.29 Å². The molecule has 98 valence electrons. The van der Waals surface area contributed by atoms with E-state index in [0.29, 0.717) is 0 Å². The van der Waals surface area contributed by atoms with Gasteiger partial charge in [-0.15, -0.1) is 0 Å². The number of nitro groups is 1. The maximum atomic E-state index is 11.6. The molecule has 0 radical (unpaired) electrons. The molecular weight excluding hydrogens is 262 g/mol. The van der Waals surface area contributed by atoms with Gasteiger partial charge in [0.1, 0.15) is 0 Å². The quantitative estimate of drug-likeness (QED) is 0.387. The second-order valence-corrected chi connectivity index (χ2v) is 4.31. The van der Waals surface area contributed by atoms with Crippen LogP contribution in [-0.4, -0.2) is 26.3 Å². The molecule has 0 saturated heterocycles. The SMILES string of the molecule is CCOC(=O)c1cc(S(=O)O)cc([N+](=O)[O-])c1C. The van der Waals surface area contributed by atoms with E-state index in [0.717, 1.165) is 12.1 Å². The van der Waals surface area contributed by atoms with Crippen molar-refractivity contribution in [3.8, 4) is 0 Å². The van der Waals surface area contributed by atoms with Gasteiger partial charge in [-0.25, -0.2) is 9.00 Å². The molecule has 0 aliphatic heterocycles. The molecule has 0 saturated carbocycles. The van der Waals surface area contributed by atoms with Gasteiger partial charge in [0.2, 0.25) is 0 Å². The van der Waals surface area contributed by atoms with Crippen LogP contribution in [0.25, 0.3) is 0 Å². The Kier molecular flexibility index (Phi) is 4.51. The third-order valence-corrected chi connectivity index (χ3v) is 2.89. The van der Waals surface area contributed by atoms with Crippen LogP contribution in [0.1, 0.15) is 22.8 Å². The first kappa shape index (κ1) is 14.3. The molecule has 0 bridgehead atoms. The van der Waals surface area contributed by atoms with Gasteiger partial charge in [-0.05, 0) is 19.9 Å². The molecule has 1 rings (SSSR count). The van der Waals surface area contributed by atoms with Gasteiger partial charge in [0.05, 0.1) is 22.0 Å². The highest BCUT2D eigenvalue weighted by Gasteiger charge is 2.22. The number of hydrogen-bond donors (Lipinski definition) is 1. The Labute approximate surface area is 105 Å². The van der Waals surface area contributed by atoms with E-state index in [-0.39, 0.29) is 22.6 Å². The monoisotopic (exact) mass is 273 g/mol. The lowest BCUT2D eigenvalue weighted by atomic mass is 10.1. The molecule has 7 nitrogen and oxygen atoms in total. The molecule has 0 amide bonds. The molecule has 1 aromatic rings. The summed E-state index contributed by atoms with van der Waals surface area (Å²) in [4.78, 5) is 21.5. The molecule has 1 N–H and O–H groups in total. The van der Waals surface area contributed by atoms with Gasteiger partial charge in [0.15, 0.2) is 11.1 Å². The zero-order valence-corrected chi connectivity index (χ0v) is 10.5. The first-order chi connectivity index (χ1) is 8.38. The summed E-state index contributed by atoms with van der Waals surface area (Å²) in [5, 5.41) is 10.8. The lowest BCUT2D eigenvalue weighted by Gasteiger charge is -2.07. The largest absolute Gasteiger partial charge is 0.462 e. The zero-order valence-electron chi connectivity index (χ0n) is 9.71. The van der Waals surface area contributed by atoms with Crippen molar-refractivity contribution >= 4 is 22.7 Å². The number of nitro benzene ring substituents is 1. The molecule has 0 aliphatic rings. The van der Waals surface area contributed by atoms with E-state index in [1.54, 1.807) is 6.92 Å². The minimum Gasteiger partial charge on any atom is -0.462 e. The van der Waals surface area contributed by atoms with Gasteiger partial charge in [-0.3, -0.25) is 10.1 Å². The van der Waals surface area contributed by atoms with Gasteiger partial charge in [-0.1, -0.05) is 0 Å². The highest BCUT2D eigenvalue weighted by molar-refractivity contribution is 7.79. The Morgan fingerprint density at radius 1 is 1.56 bits per heavy atom. The van der Waals surface area contributed by atoms with Crippen LogP contribution in [0.15, 0.2) is 17.0 Å². The topological polar surface area (TPSA) is 107 Å². The second-order valence-electron chi connectivity index (χ2n) is 3.34. The smallest absolute Gasteiger partial charge is 0.338 e. The molecule has 0 aliphatic carbocycles. The number of carbonyl (C=O) groups is 1. The summed E-state index contributed by atoms with van der Waals surface area (Å²) < 4.78 is 24.6. The fraction of sp³-hybridized carbons (Fsp3) is 0.300. The summed E-state index contributed by atoms with van der Waals surface area (Å²) in [6.07, 6.45) is 0. The van der Waals surface area contributed by atoms with E-state index in [1.165, 1.54) is 6.92 Å². The molecule has 1 atom stereocenters. The highest BCUT2D eigenvalue weighted by Crippen LogP contribution is 2.25. The number of nitrogens with zero attached hydrogens (tertiary/aromatic N) is 1. The normalized spacial score (nSPS) is 11.9. The lowest BCUT2D eigenvalue weighted by molar-refractivity contribution is -0.385. The molecule has 0 aromatic heterocycles. The number of benzene rings is 1. The standard InChI is InChI=1S/C10H11NO6S/c1-3-17-10(12)8-4-7(18(15)16)5-9(6(8)2)11(13)14/h4-5H,3H2,1-2H3,(H,15,16). The van der Waals surface area contributed by atoms with Gasteiger partial charge in [0.25, 0.3) is 5.69 Å². The lowest BCUT2D eigenvalue weighted by Crippen LogP contribution is -2.09. The number of esters is 1. The summed E-state index contributed by atoms with van der Waals surface area (Å²) >= 11 is -2.41. The molecule has 0 heterocycles. The molecule has 0 fully saturated rings. The molecule has 18 heavy (non-hydrogen) atoms. The first-order valence-corrected chi connectivity index (χ1v) is 6.06. The van der Waals surface area contributed by atoms with E-state index in [9.17, 15) is 19.1 Å². The molecular formula is C10H11NO6S. The first-order valence-electron chi connectivity index (χ1n) is 4.95. The van der Waals surface area contributed by atoms with Crippen molar-refractivity contribution in [2.24, 2.45) is 0 Å². The maximum absolute atomic E-state index is 11.6. The van der Waals surface area contributed by atoms with Crippen molar-refractivity contribution in [1.29, 1.82) is 0 Å². The van der Waals surface area contributed by atoms with Crippen molar-refractivity contribution in [3.63, 3.8) is 0 Å². The van der Waals surface area contributed by atoms with Crippen molar-refractivity contribution in [2.75, 3.05) is 6.61 Å². The Balaban J connectivity index is 3.45. The number of hydrogen-bond acceptors (Lipinski definition) is 5. The van der Waals surface area contributed by atoms with Crippen molar-refractivity contribution in [2.45, 2.75) is 18.7 Å². The van der Waals surface area contributed by atoms with Crippen LogP contribution in [0.4, 0.5) is 5.69 Å². The average Bonchev–Trinajstić information content (AvgIpc) is 2.28. The van der Waals surface area contributed by atoms with Gasteiger partial charge >= 0.3 is 5.97 Å².